The number of anilines is 1. The second-order valence-corrected chi connectivity index (χ2v) is 5.67. The molecule has 0 fully saturated rings. The van der Waals surface area contributed by atoms with Crippen molar-refractivity contribution in [1.82, 2.24) is 5.32 Å². The molecule has 0 aliphatic rings. The minimum atomic E-state index is -0.307. The molecule has 0 spiro atoms. The summed E-state index contributed by atoms with van der Waals surface area (Å²) in [6, 6.07) is 7.44. The number of fused-ring (bicyclic) bond motifs is 1. The maximum Gasteiger partial charge on any atom is 0.261 e. The highest BCUT2D eigenvalue weighted by Crippen LogP contribution is 2.27. The summed E-state index contributed by atoms with van der Waals surface area (Å²) in [6.45, 7) is 0.544. The first-order valence-corrected chi connectivity index (χ1v) is 7.23. The van der Waals surface area contributed by atoms with E-state index in [2.05, 4.69) is 5.32 Å². The number of nitrogens with one attached hydrogen (secondary N) is 1. The van der Waals surface area contributed by atoms with Gasteiger partial charge in [0.05, 0.1) is 4.88 Å². The highest BCUT2D eigenvalue weighted by Gasteiger charge is 2.09. The molecule has 20 heavy (non-hydrogen) atoms. The second kappa shape index (κ2) is 6.38. The first kappa shape index (κ1) is 14.3. The topological polar surface area (TPSA) is 98.2 Å². The minimum absolute atomic E-state index is 0.0937. The van der Waals surface area contributed by atoms with Gasteiger partial charge in [0, 0.05) is 23.4 Å². The van der Waals surface area contributed by atoms with E-state index in [1.54, 1.807) is 0 Å². The van der Waals surface area contributed by atoms with Gasteiger partial charge in [0.25, 0.3) is 5.91 Å². The maximum absolute atomic E-state index is 12.0. The Labute approximate surface area is 120 Å². The van der Waals surface area contributed by atoms with Crippen LogP contribution in [0.3, 0.4) is 0 Å². The standard InChI is InChI=1S/C14H17N3O2S/c15-10-4-5-11-9(7-10)8-12(20-11)14(19)17-6-2-1-3-13(16)18/h4-5,7-8H,1-3,6,15H2,(H2,16,18)(H,17,19). The number of nitrogens with two attached hydrogens (primary N) is 2. The summed E-state index contributed by atoms with van der Waals surface area (Å²) in [4.78, 5) is 23.2. The van der Waals surface area contributed by atoms with Crippen LogP contribution in [0.1, 0.15) is 28.9 Å². The van der Waals surface area contributed by atoms with E-state index in [-0.39, 0.29) is 11.8 Å². The molecule has 0 saturated heterocycles. The van der Waals surface area contributed by atoms with Crippen molar-refractivity contribution in [2.75, 3.05) is 12.3 Å². The van der Waals surface area contributed by atoms with Gasteiger partial charge in [-0.15, -0.1) is 11.3 Å². The van der Waals surface area contributed by atoms with Crippen molar-refractivity contribution in [3.05, 3.63) is 29.1 Å². The number of primary amides is 1. The molecule has 5 N–H and O–H groups in total. The molecule has 0 bridgehead atoms. The van der Waals surface area contributed by atoms with Gasteiger partial charge in [-0.3, -0.25) is 9.59 Å². The maximum atomic E-state index is 12.0. The largest absolute Gasteiger partial charge is 0.399 e. The third kappa shape index (κ3) is 3.71. The summed E-state index contributed by atoms with van der Waals surface area (Å²) >= 11 is 1.44. The van der Waals surface area contributed by atoms with Crippen LogP contribution in [0, 0.1) is 0 Å². The number of carbonyl (C=O) groups is 2. The summed E-state index contributed by atoms with van der Waals surface area (Å²) in [5.41, 5.74) is 11.4. The van der Waals surface area contributed by atoms with E-state index in [4.69, 9.17) is 11.5 Å². The smallest absolute Gasteiger partial charge is 0.261 e. The van der Waals surface area contributed by atoms with Crippen molar-refractivity contribution in [3.8, 4) is 0 Å². The summed E-state index contributed by atoms with van der Waals surface area (Å²) < 4.78 is 1.04. The zero-order chi connectivity index (χ0) is 14.5. The van der Waals surface area contributed by atoms with E-state index in [9.17, 15) is 9.59 Å². The number of hydrogen-bond acceptors (Lipinski definition) is 4. The molecule has 1 aromatic heterocycles. The number of benzene rings is 1. The summed E-state index contributed by atoms with van der Waals surface area (Å²) in [5, 5.41) is 3.82. The summed E-state index contributed by atoms with van der Waals surface area (Å²) in [6.07, 6.45) is 1.79. The van der Waals surface area contributed by atoms with Crippen LogP contribution in [0.4, 0.5) is 5.69 Å². The molecule has 2 rings (SSSR count). The highest BCUT2D eigenvalue weighted by atomic mass is 32.1. The third-order valence-electron chi connectivity index (χ3n) is 2.90. The Kier molecular flexibility index (Phi) is 4.57. The Morgan fingerprint density at radius 2 is 2.00 bits per heavy atom. The van der Waals surface area contributed by atoms with Crippen LogP contribution in [0.25, 0.3) is 10.1 Å². The molecule has 0 atom stereocenters. The van der Waals surface area contributed by atoms with Crippen LogP contribution in [0.15, 0.2) is 24.3 Å². The number of carbonyl (C=O) groups excluding carboxylic acids is 2. The first-order chi connectivity index (χ1) is 9.56. The monoisotopic (exact) mass is 291 g/mol. The molecule has 0 unspecified atom stereocenters. The molecule has 0 radical (unpaired) electrons. The van der Waals surface area contributed by atoms with E-state index in [0.717, 1.165) is 16.5 Å². The van der Waals surface area contributed by atoms with Crippen molar-refractivity contribution in [1.29, 1.82) is 0 Å². The number of amides is 2. The summed E-state index contributed by atoms with van der Waals surface area (Å²) in [5.74, 6) is -0.401. The fourth-order valence-corrected chi connectivity index (χ4v) is 2.85. The van der Waals surface area contributed by atoms with Crippen LogP contribution >= 0.6 is 11.3 Å². The lowest BCUT2D eigenvalue weighted by atomic mass is 10.2. The molecule has 2 amide bonds. The molecule has 0 aliphatic carbocycles. The molecule has 6 heteroatoms. The molecular weight excluding hydrogens is 274 g/mol. The van der Waals surface area contributed by atoms with E-state index in [1.807, 2.05) is 24.3 Å². The van der Waals surface area contributed by atoms with Crippen molar-refractivity contribution in [2.24, 2.45) is 5.73 Å². The van der Waals surface area contributed by atoms with Crippen LogP contribution in [-0.2, 0) is 4.79 Å². The Bertz CT molecular complexity index is 636. The lowest BCUT2D eigenvalue weighted by Crippen LogP contribution is -2.23. The minimum Gasteiger partial charge on any atom is -0.399 e. The molecule has 0 aliphatic heterocycles. The number of unbranched alkanes of at least 4 members (excludes halogenated alkanes) is 1. The van der Waals surface area contributed by atoms with Crippen LogP contribution in [0.2, 0.25) is 0 Å². The van der Waals surface area contributed by atoms with Crippen molar-refractivity contribution < 1.29 is 9.59 Å². The van der Waals surface area contributed by atoms with Gasteiger partial charge in [0.15, 0.2) is 0 Å². The normalized spacial score (nSPS) is 10.6. The molecule has 0 saturated carbocycles. The van der Waals surface area contributed by atoms with Crippen LogP contribution in [-0.4, -0.2) is 18.4 Å². The van der Waals surface area contributed by atoms with E-state index in [1.165, 1.54) is 11.3 Å². The third-order valence-corrected chi connectivity index (χ3v) is 4.01. The molecular formula is C14H17N3O2S. The predicted molar refractivity (Wildman–Crippen MR) is 81.6 cm³/mol. The van der Waals surface area contributed by atoms with Crippen LogP contribution < -0.4 is 16.8 Å². The van der Waals surface area contributed by atoms with E-state index < -0.39 is 0 Å². The Morgan fingerprint density at radius 1 is 1.20 bits per heavy atom. The van der Waals surface area contributed by atoms with E-state index >= 15 is 0 Å². The van der Waals surface area contributed by atoms with Crippen molar-refractivity contribution in [2.45, 2.75) is 19.3 Å². The average molecular weight is 291 g/mol. The van der Waals surface area contributed by atoms with Gasteiger partial charge < -0.3 is 16.8 Å². The Hall–Kier alpha value is -2.08. The molecule has 106 valence electrons. The Morgan fingerprint density at radius 3 is 2.75 bits per heavy atom. The van der Waals surface area contributed by atoms with Crippen LogP contribution in [0.5, 0.6) is 0 Å². The molecule has 2 aromatic rings. The van der Waals surface area contributed by atoms with E-state index in [0.29, 0.717) is 30.0 Å². The number of thiophene rings is 1. The van der Waals surface area contributed by atoms with Gasteiger partial charge in [0.1, 0.15) is 0 Å². The second-order valence-electron chi connectivity index (χ2n) is 4.59. The quantitative estimate of drug-likeness (QED) is 0.559. The number of rotatable bonds is 6. The van der Waals surface area contributed by atoms with Crippen molar-refractivity contribution >= 4 is 38.9 Å². The molecule has 5 nitrogen and oxygen atoms in total. The number of hydrogen-bond donors (Lipinski definition) is 3. The van der Waals surface area contributed by atoms with Gasteiger partial charge in [-0.25, -0.2) is 0 Å². The lowest BCUT2D eigenvalue weighted by Gasteiger charge is -2.02. The fraction of sp³-hybridized carbons (Fsp3) is 0.286. The molecule has 1 heterocycles. The van der Waals surface area contributed by atoms with Crippen molar-refractivity contribution in [3.63, 3.8) is 0 Å². The fourth-order valence-electron chi connectivity index (χ4n) is 1.89. The van der Waals surface area contributed by atoms with Gasteiger partial charge in [-0.05, 0) is 42.5 Å². The highest BCUT2D eigenvalue weighted by molar-refractivity contribution is 7.20. The number of nitrogen functional groups attached to an aromatic ring is 1. The SMILES string of the molecule is NC(=O)CCCCNC(=O)c1cc2cc(N)ccc2s1. The predicted octanol–water partition coefficient (Wildman–Crippen LogP) is 1.87. The summed E-state index contributed by atoms with van der Waals surface area (Å²) in [7, 11) is 0. The van der Waals surface area contributed by atoms with Gasteiger partial charge in [-0.1, -0.05) is 0 Å². The molecule has 1 aromatic carbocycles. The zero-order valence-electron chi connectivity index (χ0n) is 11.0. The van der Waals surface area contributed by atoms with Gasteiger partial charge >= 0.3 is 0 Å². The van der Waals surface area contributed by atoms with Gasteiger partial charge in [0.2, 0.25) is 5.91 Å². The first-order valence-electron chi connectivity index (χ1n) is 6.42. The average Bonchev–Trinajstić information content (AvgIpc) is 2.80. The van der Waals surface area contributed by atoms with Gasteiger partial charge in [-0.2, -0.15) is 0 Å². The lowest BCUT2D eigenvalue weighted by molar-refractivity contribution is -0.118. The Balaban J connectivity index is 1.89. The zero-order valence-corrected chi connectivity index (χ0v) is 11.8.